The van der Waals surface area contributed by atoms with E-state index in [-0.39, 0.29) is 16.7 Å². The number of benzene rings is 1. The molecule has 0 aromatic heterocycles. The Kier molecular flexibility index (Phi) is 3.42. The number of halogens is 1. The van der Waals surface area contributed by atoms with E-state index in [4.69, 9.17) is 21.6 Å². The van der Waals surface area contributed by atoms with Crippen LogP contribution in [0.2, 0.25) is 0 Å². The molecule has 15 heavy (non-hydrogen) atoms. The number of rotatable bonds is 3. The van der Waals surface area contributed by atoms with Gasteiger partial charge in [0.25, 0.3) is 5.24 Å². The van der Waals surface area contributed by atoms with Crippen molar-refractivity contribution < 1.29 is 14.3 Å². The highest BCUT2D eigenvalue weighted by Gasteiger charge is 2.15. The molecule has 1 aromatic carbocycles. The third-order valence-corrected chi connectivity index (χ3v) is 2.04. The van der Waals surface area contributed by atoms with Crippen LogP contribution in [0.1, 0.15) is 26.3 Å². The predicted octanol–water partition coefficient (Wildman–Crippen LogP) is 1.76. The Bertz CT molecular complexity index is 462. The molecule has 0 aliphatic rings. The fourth-order valence-electron chi connectivity index (χ4n) is 1.13. The summed E-state index contributed by atoms with van der Waals surface area (Å²) in [5.74, 6) is 0.307. The number of methoxy groups -OCH3 is 1. The fraction of sp³-hybridized carbons (Fsp3) is 0.100. The summed E-state index contributed by atoms with van der Waals surface area (Å²) in [4.78, 5) is 21.7. The molecule has 0 saturated heterocycles. The van der Waals surface area contributed by atoms with Crippen molar-refractivity contribution in [3.8, 4) is 11.8 Å². The molecule has 4 nitrogen and oxygen atoms in total. The van der Waals surface area contributed by atoms with Crippen LogP contribution in [-0.4, -0.2) is 18.6 Å². The second-order valence-electron chi connectivity index (χ2n) is 2.64. The van der Waals surface area contributed by atoms with Crippen molar-refractivity contribution in [2.75, 3.05) is 7.11 Å². The molecule has 1 aromatic rings. The lowest BCUT2D eigenvalue weighted by Gasteiger charge is -2.05. The summed E-state index contributed by atoms with van der Waals surface area (Å²) >= 11 is 5.28. The molecule has 1 rings (SSSR count). The normalized spacial score (nSPS) is 9.13. The number of ether oxygens (including phenoxy) is 1. The van der Waals surface area contributed by atoms with Gasteiger partial charge >= 0.3 is 0 Å². The minimum absolute atomic E-state index is 0.0155. The number of carbonyl (C=O) groups excluding carboxylic acids is 2. The molecule has 0 unspecified atom stereocenters. The molecule has 0 amide bonds. The SMILES string of the molecule is COc1cc(C#N)c(C=O)c(C(=O)Cl)c1. The van der Waals surface area contributed by atoms with E-state index in [2.05, 4.69) is 0 Å². The Morgan fingerprint density at radius 2 is 2.27 bits per heavy atom. The lowest BCUT2D eigenvalue weighted by Crippen LogP contribution is -2.01. The molecule has 5 heteroatoms. The molecule has 76 valence electrons. The lowest BCUT2D eigenvalue weighted by atomic mass is 10.0. The van der Waals surface area contributed by atoms with Crippen LogP contribution in [0.4, 0.5) is 0 Å². The van der Waals surface area contributed by atoms with Gasteiger partial charge in [-0.05, 0) is 23.7 Å². The van der Waals surface area contributed by atoms with Crippen molar-refractivity contribution in [1.29, 1.82) is 5.26 Å². The maximum atomic E-state index is 11.0. The molecule has 0 bridgehead atoms. The van der Waals surface area contributed by atoms with Crippen molar-refractivity contribution >= 4 is 23.1 Å². The zero-order valence-electron chi connectivity index (χ0n) is 7.78. The van der Waals surface area contributed by atoms with Gasteiger partial charge in [0.05, 0.1) is 12.7 Å². The molecule has 0 N–H and O–H groups in total. The van der Waals surface area contributed by atoms with Gasteiger partial charge in [-0.1, -0.05) is 0 Å². The first-order valence-electron chi connectivity index (χ1n) is 3.91. The van der Waals surface area contributed by atoms with Gasteiger partial charge in [0, 0.05) is 11.1 Å². The molecule has 0 saturated carbocycles. The monoisotopic (exact) mass is 223 g/mol. The van der Waals surface area contributed by atoms with Crippen LogP contribution < -0.4 is 4.74 Å². The predicted molar refractivity (Wildman–Crippen MR) is 53.3 cm³/mol. The molecule has 0 heterocycles. The smallest absolute Gasteiger partial charge is 0.253 e. The number of aldehydes is 1. The first kappa shape index (κ1) is 11.2. The van der Waals surface area contributed by atoms with Gasteiger partial charge in [0.15, 0.2) is 6.29 Å². The van der Waals surface area contributed by atoms with Crippen molar-refractivity contribution in [2.24, 2.45) is 0 Å². The maximum Gasteiger partial charge on any atom is 0.253 e. The number of nitrogens with zero attached hydrogens (tertiary/aromatic N) is 1. The second-order valence-corrected chi connectivity index (χ2v) is 2.98. The summed E-state index contributed by atoms with van der Waals surface area (Å²) < 4.78 is 4.87. The summed E-state index contributed by atoms with van der Waals surface area (Å²) in [6.45, 7) is 0. The van der Waals surface area contributed by atoms with E-state index in [0.717, 1.165) is 0 Å². The summed E-state index contributed by atoms with van der Waals surface area (Å²) in [5.41, 5.74) is 0.0224. The van der Waals surface area contributed by atoms with E-state index < -0.39 is 5.24 Å². The molecule has 0 aliphatic heterocycles. The molecule has 0 atom stereocenters. The van der Waals surface area contributed by atoms with E-state index in [0.29, 0.717) is 12.0 Å². The minimum atomic E-state index is -0.799. The molecule has 0 fully saturated rings. The molecular weight excluding hydrogens is 218 g/mol. The fourth-order valence-corrected chi connectivity index (χ4v) is 1.28. The van der Waals surface area contributed by atoms with Crippen LogP contribution in [0.3, 0.4) is 0 Å². The van der Waals surface area contributed by atoms with Crippen molar-refractivity contribution in [3.63, 3.8) is 0 Å². The van der Waals surface area contributed by atoms with Crippen molar-refractivity contribution in [2.45, 2.75) is 0 Å². The zero-order valence-corrected chi connectivity index (χ0v) is 8.54. The standard InChI is InChI=1S/C10H6ClNO3/c1-15-7-2-6(4-12)9(5-13)8(3-7)10(11)14/h2-3,5H,1H3. The van der Waals surface area contributed by atoms with E-state index in [1.807, 2.05) is 0 Å². The van der Waals surface area contributed by atoms with Gasteiger partial charge in [0.1, 0.15) is 11.8 Å². The third-order valence-electron chi connectivity index (χ3n) is 1.84. The molecule has 0 radical (unpaired) electrons. The van der Waals surface area contributed by atoms with Crippen LogP contribution in [0.25, 0.3) is 0 Å². The van der Waals surface area contributed by atoms with Gasteiger partial charge < -0.3 is 4.74 Å². The van der Waals surface area contributed by atoms with Crippen molar-refractivity contribution in [3.05, 3.63) is 28.8 Å². The van der Waals surface area contributed by atoms with Crippen LogP contribution in [0.5, 0.6) is 5.75 Å². The van der Waals surface area contributed by atoms with E-state index >= 15 is 0 Å². The maximum absolute atomic E-state index is 11.0. The molecule has 0 aliphatic carbocycles. The van der Waals surface area contributed by atoms with Crippen LogP contribution in [0, 0.1) is 11.3 Å². The lowest BCUT2D eigenvalue weighted by molar-refractivity contribution is 0.106. The summed E-state index contributed by atoms with van der Waals surface area (Å²) in [6, 6.07) is 4.48. The topological polar surface area (TPSA) is 67.2 Å². The first-order valence-corrected chi connectivity index (χ1v) is 4.29. The average molecular weight is 224 g/mol. The van der Waals surface area contributed by atoms with Crippen LogP contribution in [0.15, 0.2) is 12.1 Å². The highest BCUT2D eigenvalue weighted by Crippen LogP contribution is 2.22. The third kappa shape index (κ3) is 2.14. The van der Waals surface area contributed by atoms with Crippen molar-refractivity contribution in [1.82, 2.24) is 0 Å². The number of carbonyl (C=O) groups is 2. The highest BCUT2D eigenvalue weighted by molar-refractivity contribution is 6.68. The minimum Gasteiger partial charge on any atom is -0.497 e. The number of hydrogen-bond acceptors (Lipinski definition) is 4. The Morgan fingerprint density at radius 1 is 1.60 bits per heavy atom. The van der Waals surface area contributed by atoms with Gasteiger partial charge in [-0.25, -0.2) is 0 Å². The van der Waals surface area contributed by atoms with E-state index in [1.165, 1.54) is 19.2 Å². The van der Waals surface area contributed by atoms with E-state index in [9.17, 15) is 9.59 Å². The number of hydrogen-bond donors (Lipinski definition) is 0. The molecular formula is C10H6ClNO3. The first-order chi connectivity index (χ1) is 7.13. The summed E-state index contributed by atoms with van der Waals surface area (Å²) in [7, 11) is 1.39. The molecule has 0 spiro atoms. The van der Waals surface area contributed by atoms with Gasteiger partial charge in [-0.3, -0.25) is 9.59 Å². The average Bonchev–Trinajstić information content (AvgIpc) is 2.26. The second kappa shape index (κ2) is 4.58. The largest absolute Gasteiger partial charge is 0.497 e. The summed E-state index contributed by atoms with van der Waals surface area (Å²) in [6.07, 6.45) is 0.424. The summed E-state index contributed by atoms with van der Waals surface area (Å²) in [5, 5.41) is 7.96. The number of nitriles is 1. The Balaban J connectivity index is 3.54. The van der Waals surface area contributed by atoms with Crippen LogP contribution in [-0.2, 0) is 0 Å². The van der Waals surface area contributed by atoms with Gasteiger partial charge in [0.2, 0.25) is 0 Å². The quantitative estimate of drug-likeness (QED) is 0.578. The Hall–Kier alpha value is -1.86. The highest BCUT2D eigenvalue weighted by atomic mass is 35.5. The van der Waals surface area contributed by atoms with Gasteiger partial charge in [-0.15, -0.1) is 0 Å². The van der Waals surface area contributed by atoms with Crippen LogP contribution >= 0.6 is 11.6 Å². The zero-order chi connectivity index (χ0) is 11.4. The Morgan fingerprint density at radius 3 is 2.67 bits per heavy atom. The van der Waals surface area contributed by atoms with E-state index in [1.54, 1.807) is 6.07 Å². The Labute approximate surface area is 91.0 Å². The van der Waals surface area contributed by atoms with Gasteiger partial charge in [-0.2, -0.15) is 5.26 Å².